The van der Waals surface area contributed by atoms with Gasteiger partial charge >= 0.3 is 0 Å². The van der Waals surface area contributed by atoms with Gasteiger partial charge in [-0.05, 0) is 34.9 Å². The number of hydrogen-bond donors (Lipinski definition) is 2. The molecular weight excluding hydrogens is 336 g/mol. The number of nitrogens with one attached hydrogen (secondary N) is 1. The molecule has 0 aliphatic heterocycles. The maximum Gasteiger partial charge on any atom is 0.293 e. The molecule has 0 unspecified atom stereocenters. The maximum absolute atomic E-state index is 12.1. The minimum Gasteiger partial charge on any atom is -0.378 e. The zero-order valence-electron chi connectivity index (χ0n) is 12.3. The van der Waals surface area contributed by atoms with Crippen LogP contribution in [0.25, 0.3) is 5.82 Å². The predicted molar refractivity (Wildman–Crippen MR) is 84.9 cm³/mol. The molecule has 0 aliphatic rings. The van der Waals surface area contributed by atoms with Gasteiger partial charge in [0, 0.05) is 5.02 Å². The molecule has 0 spiro atoms. The van der Waals surface area contributed by atoms with E-state index in [1.807, 2.05) is 0 Å². The van der Waals surface area contributed by atoms with Crippen LogP contribution < -0.4 is 11.2 Å². The number of anilines is 1. The number of benzene rings is 1. The third-order valence-corrected chi connectivity index (χ3v) is 3.27. The number of nitrogens with two attached hydrogens (primary N) is 1. The van der Waals surface area contributed by atoms with Crippen molar-refractivity contribution in [2.24, 2.45) is 5.10 Å². The number of nitrogens with zero attached hydrogens (tertiary/aromatic N) is 6. The number of rotatable bonds is 4. The summed E-state index contributed by atoms with van der Waals surface area (Å²) < 4.78 is 5.75. The summed E-state index contributed by atoms with van der Waals surface area (Å²) in [6.45, 7) is 1.63. The van der Waals surface area contributed by atoms with Crippen molar-refractivity contribution < 1.29 is 9.42 Å². The standard InChI is InChI=1S/C13H11ClN8O2/c1-7-10(17-21-22(7)12-11(15)19-24-20-12)13(23)18-16-6-8-3-2-4-9(14)5-8/h2-6H,1H3,(H2,15,19)(H,18,23). The quantitative estimate of drug-likeness (QED) is 0.530. The second-order valence-corrected chi connectivity index (χ2v) is 5.10. The van der Waals surface area contributed by atoms with Crippen molar-refractivity contribution in [3.63, 3.8) is 0 Å². The Morgan fingerprint density at radius 2 is 2.29 bits per heavy atom. The molecule has 24 heavy (non-hydrogen) atoms. The molecule has 3 aromatic rings. The van der Waals surface area contributed by atoms with E-state index in [0.717, 1.165) is 5.56 Å². The lowest BCUT2D eigenvalue weighted by molar-refractivity contribution is 0.0949. The highest BCUT2D eigenvalue weighted by Gasteiger charge is 2.20. The van der Waals surface area contributed by atoms with E-state index in [9.17, 15) is 4.79 Å². The van der Waals surface area contributed by atoms with Crippen molar-refractivity contribution in [1.82, 2.24) is 30.7 Å². The molecule has 0 aliphatic carbocycles. The van der Waals surface area contributed by atoms with Gasteiger partial charge in [-0.15, -0.1) is 5.10 Å². The minimum absolute atomic E-state index is 0.0361. The van der Waals surface area contributed by atoms with Gasteiger partial charge in [-0.2, -0.15) is 9.78 Å². The summed E-state index contributed by atoms with van der Waals surface area (Å²) in [7, 11) is 0. The molecular formula is C13H11ClN8O2. The lowest BCUT2D eigenvalue weighted by atomic mass is 10.2. The number of hydrazone groups is 1. The summed E-state index contributed by atoms with van der Waals surface area (Å²) in [4.78, 5) is 12.1. The molecule has 3 rings (SSSR count). The van der Waals surface area contributed by atoms with E-state index in [1.165, 1.54) is 10.9 Å². The second-order valence-electron chi connectivity index (χ2n) is 4.66. The van der Waals surface area contributed by atoms with E-state index in [1.54, 1.807) is 31.2 Å². The van der Waals surface area contributed by atoms with Gasteiger partial charge in [-0.3, -0.25) is 4.79 Å². The number of amides is 1. The van der Waals surface area contributed by atoms with E-state index in [4.69, 9.17) is 17.3 Å². The first-order valence-corrected chi connectivity index (χ1v) is 7.03. The molecule has 122 valence electrons. The van der Waals surface area contributed by atoms with Crippen LogP contribution >= 0.6 is 11.6 Å². The number of nitrogen functional groups attached to an aromatic ring is 1. The Balaban J connectivity index is 1.74. The van der Waals surface area contributed by atoms with Gasteiger partial charge < -0.3 is 5.73 Å². The predicted octanol–water partition coefficient (Wildman–Crippen LogP) is 0.958. The van der Waals surface area contributed by atoms with Crippen LogP contribution in [0.3, 0.4) is 0 Å². The van der Waals surface area contributed by atoms with Crippen LogP contribution in [0, 0.1) is 6.92 Å². The lowest BCUT2D eigenvalue weighted by Gasteiger charge is -1.99. The van der Waals surface area contributed by atoms with Crippen LogP contribution in [-0.4, -0.2) is 37.4 Å². The SMILES string of the molecule is Cc1c(C(=O)NN=Cc2cccc(Cl)c2)nnn1-c1nonc1N. The van der Waals surface area contributed by atoms with E-state index >= 15 is 0 Å². The fourth-order valence-electron chi connectivity index (χ4n) is 1.88. The van der Waals surface area contributed by atoms with Crippen LogP contribution in [0.2, 0.25) is 5.02 Å². The fourth-order valence-corrected chi connectivity index (χ4v) is 2.08. The first kappa shape index (κ1) is 15.6. The summed E-state index contributed by atoms with van der Waals surface area (Å²) in [6, 6.07) is 7.02. The van der Waals surface area contributed by atoms with Crippen molar-refractivity contribution in [3.05, 3.63) is 46.2 Å². The fraction of sp³-hybridized carbons (Fsp3) is 0.0769. The zero-order chi connectivity index (χ0) is 17.1. The average Bonchev–Trinajstić information content (AvgIpc) is 3.13. The van der Waals surface area contributed by atoms with E-state index in [-0.39, 0.29) is 17.3 Å². The van der Waals surface area contributed by atoms with Crippen LogP contribution in [0.15, 0.2) is 34.0 Å². The number of halogens is 1. The molecule has 0 saturated carbocycles. The van der Waals surface area contributed by atoms with Gasteiger partial charge in [0.1, 0.15) is 0 Å². The topological polar surface area (TPSA) is 137 Å². The molecule has 1 aromatic carbocycles. The first-order chi connectivity index (χ1) is 11.6. The van der Waals surface area contributed by atoms with Gasteiger partial charge in [-0.25, -0.2) is 10.1 Å². The highest BCUT2D eigenvalue weighted by Crippen LogP contribution is 2.14. The summed E-state index contributed by atoms with van der Waals surface area (Å²) in [5.41, 5.74) is 9.18. The van der Waals surface area contributed by atoms with Gasteiger partial charge in [0.15, 0.2) is 5.69 Å². The molecule has 11 heteroatoms. The Labute approximate surface area is 140 Å². The molecule has 10 nitrogen and oxygen atoms in total. The number of carbonyl (C=O) groups excluding carboxylic acids is 1. The van der Waals surface area contributed by atoms with Crippen LogP contribution in [0.1, 0.15) is 21.7 Å². The van der Waals surface area contributed by atoms with E-state index in [2.05, 4.69) is 35.8 Å². The minimum atomic E-state index is -0.535. The average molecular weight is 347 g/mol. The van der Waals surface area contributed by atoms with Crippen LogP contribution in [-0.2, 0) is 0 Å². The Morgan fingerprint density at radius 3 is 3.00 bits per heavy atom. The summed E-state index contributed by atoms with van der Waals surface area (Å²) >= 11 is 5.87. The Morgan fingerprint density at radius 1 is 1.46 bits per heavy atom. The molecule has 0 fully saturated rings. The van der Waals surface area contributed by atoms with Gasteiger partial charge in [0.2, 0.25) is 11.6 Å². The molecule has 0 bridgehead atoms. The Bertz CT molecular complexity index is 916. The third-order valence-electron chi connectivity index (χ3n) is 3.03. The molecule has 0 saturated heterocycles. The molecule has 3 N–H and O–H groups in total. The monoisotopic (exact) mass is 346 g/mol. The highest BCUT2D eigenvalue weighted by molar-refractivity contribution is 6.30. The smallest absolute Gasteiger partial charge is 0.293 e. The molecule has 2 heterocycles. The Hall–Kier alpha value is -3.27. The van der Waals surface area contributed by atoms with Crippen molar-refractivity contribution in [1.29, 1.82) is 0 Å². The summed E-state index contributed by atoms with van der Waals surface area (Å²) in [6.07, 6.45) is 1.46. The molecule has 0 radical (unpaired) electrons. The number of aromatic nitrogens is 5. The highest BCUT2D eigenvalue weighted by atomic mass is 35.5. The van der Waals surface area contributed by atoms with E-state index in [0.29, 0.717) is 10.7 Å². The van der Waals surface area contributed by atoms with Crippen molar-refractivity contribution in [3.8, 4) is 5.82 Å². The van der Waals surface area contributed by atoms with Crippen LogP contribution in [0.5, 0.6) is 0 Å². The maximum atomic E-state index is 12.1. The van der Waals surface area contributed by atoms with Crippen molar-refractivity contribution >= 4 is 29.5 Å². The lowest BCUT2D eigenvalue weighted by Crippen LogP contribution is -2.19. The second kappa shape index (κ2) is 6.46. The molecule has 2 aromatic heterocycles. The normalized spacial score (nSPS) is 11.1. The Kier molecular flexibility index (Phi) is 4.20. The largest absolute Gasteiger partial charge is 0.378 e. The summed E-state index contributed by atoms with van der Waals surface area (Å²) in [5.74, 6) is -0.345. The molecule has 0 atom stereocenters. The van der Waals surface area contributed by atoms with Crippen molar-refractivity contribution in [2.45, 2.75) is 6.92 Å². The van der Waals surface area contributed by atoms with Crippen LogP contribution in [0.4, 0.5) is 5.82 Å². The van der Waals surface area contributed by atoms with Gasteiger partial charge in [-0.1, -0.05) is 28.9 Å². The third kappa shape index (κ3) is 3.08. The number of carbonyl (C=O) groups is 1. The zero-order valence-corrected chi connectivity index (χ0v) is 13.1. The van der Waals surface area contributed by atoms with Gasteiger partial charge in [0.05, 0.1) is 11.9 Å². The number of hydrogen-bond acceptors (Lipinski definition) is 8. The summed E-state index contributed by atoms with van der Waals surface area (Å²) in [5, 5.41) is 19.1. The first-order valence-electron chi connectivity index (χ1n) is 6.66. The van der Waals surface area contributed by atoms with E-state index < -0.39 is 5.91 Å². The molecule has 1 amide bonds. The van der Waals surface area contributed by atoms with Crippen molar-refractivity contribution in [2.75, 3.05) is 5.73 Å². The van der Waals surface area contributed by atoms with Gasteiger partial charge in [0.25, 0.3) is 5.91 Å².